The third-order valence-electron chi connectivity index (χ3n) is 6.82. The molecule has 2 unspecified atom stereocenters. The van der Waals surface area contributed by atoms with Crippen LogP contribution >= 0.6 is 11.8 Å². The van der Waals surface area contributed by atoms with Crippen molar-refractivity contribution in [2.24, 2.45) is 0 Å². The van der Waals surface area contributed by atoms with Gasteiger partial charge in [-0.3, -0.25) is 9.59 Å². The zero-order valence-electron chi connectivity index (χ0n) is 21.4. The molecule has 3 atom stereocenters. The van der Waals surface area contributed by atoms with Gasteiger partial charge in [-0.05, 0) is 23.3 Å². The van der Waals surface area contributed by atoms with Crippen molar-refractivity contribution in [3.8, 4) is 11.5 Å². The van der Waals surface area contributed by atoms with Crippen LogP contribution in [0.5, 0.6) is 11.5 Å². The van der Waals surface area contributed by atoms with Gasteiger partial charge in [0, 0.05) is 5.75 Å². The van der Waals surface area contributed by atoms with Crippen LogP contribution in [-0.4, -0.2) is 71.3 Å². The number of hydrogen-bond acceptors (Lipinski definition) is 8. The molecule has 0 saturated carbocycles. The Kier molecular flexibility index (Phi) is 7.49. The topological polar surface area (TPSA) is 114 Å². The Hall–Kier alpha value is -4.02. The number of fused-ring (bicyclic) bond motifs is 1. The molecule has 202 valence electrons. The maximum absolute atomic E-state index is 13.3. The van der Waals surface area contributed by atoms with E-state index in [1.807, 2.05) is 60.7 Å². The number of benzene rings is 3. The minimum atomic E-state index is -1.90. The Labute approximate surface area is 230 Å². The Balaban J connectivity index is 1.28. The van der Waals surface area contributed by atoms with E-state index in [1.165, 1.54) is 30.9 Å². The molecule has 2 aliphatic rings. The molecule has 10 heteroatoms. The predicted molar refractivity (Wildman–Crippen MR) is 145 cm³/mol. The second-order valence-corrected chi connectivity index (χ2v) is 10.4. The third kappa shape index (κ3) is 5.05. The van der Waals surface area contributed by atoms with Crippen molar-refractivity contribution in [2.75, 3.05) is 26.5 Å². The highest BCUT2D eigenvalue weighted by atomic mass is 32.2. The molecule has 2 N–H and O–H groups in total. The van der Waals surface area contributed by atoms with Crippen molar-refractivity contribution in [1.29, 1.82) is 0 Å². The van der Waals surface area contributed by atoms with E-state index in [4.69, 9.17) is 14.2 Å². The number of methoxy groups -OCH3 is 2. The van der Waals surface area contributed by atoms with Gasteiger partial charge >= 0.3 is 5.97 Å². The van der Waals surface area contributed by atoms with Crippen molar-refractivity contribution in [2.45, 2.75) is 23.1 Å². The number of rotatable bonds is 8. The van der Waals surface area contributed by atoms with Crippen molar-refractivity contribution in [3.05, 3.63) is 95.6 Å². The Bertz CT molecular complexity index is 1310. The average Bonchev–Trinajstić information content (AvgIpc) is 2.98. The molecule has 5 rings (SSSR count). The Morgan fingerprint density at radius 2 is 1.51 bits per heavy atom. The molecule has 0 radical (unpaired) electrons. The normalized spacial score (nSPS) is 21.9. The fraction of sp³-hybridized carbons (Fsp3) is 0.276. The first-order chi connectivity index (χ1) is 18.9. The van der Waals surface area contributed by atoms with Crippen LogP contribution in [0.25, 0.3) is 0 Å². The van der Waals surface area contributed by atoms with Gasteiger partial charge < -0.3 is 29.5 Å². The van der Waals surface area contributed by atoms with E-state index in [1.54, 1.807) is 18.2 Å². The summed E-state index contributed by atoms with van der Waals surface area (Å²) in [5.74, 6) is -1.10. The summed E-state index contributed by atoms with van der Waals surface area (Å²) in [4.78, 5) is 40.8. The maximum atomic E-state index is 13.3. The lowest BCUT2D eigenvalue weighted by molar-refractivity contribution is -0.174. The predicted octanol–water partition coefficient (Wildman–Crippen LogP) is 2.78. The summed E-state index contributed by atoms with van der Waals surface area (Å²) in [6.07, 6.45) is -0.721. The van der Waals surface area contributed by atoms with E-state index in [0.717, 1.165) is 11.1 Å². The number of amides is 2. The van der Waals surface area contributed by atoms with Gasteiger partial charge in [0.25, 0.3) is 5.91 Å². The number of thioether (sulfide) groups is 1. The summed E-state index contributed by atoms with van der Waals surface area (Å²) in [5, 5.41) is 13.6. The second kappa shape index (κ2) is 11.0. The molecule has 0 bridgehead atoms. The monoisotopic (exact) mass is 548 g/mol. The standard InChI is InChI=1S/C29H28N2O7S/c1-36-20-14-9-15-21(37-2)22(20)25(32)30-23-26(33)31-16-29(35,17-39-27(23)31)28(34)38-24(18-10-5-3-6-11-18)19-12-7-4-8-13-19/h3-15,23-24,27,35H,16-17H2,1-2H3,(H,30,32)/t23?,27-,29?/m1/s1. The summed E-state index contributed by atoms with van der Waals surface area (Å²) in [7, 11) is 2.89. The summed E-state index contributed by atoms with van der Waals surface area (Å²) in [6, 6.07) is 22.7. The number of carbonyl (C=O) groups is 3. The van der Waals surface area contributed by atoms with E-state index < -0.39 is 40.9 Å². The van der Waals surface area contributed by atoms with Crippen LogP contribution in [0.3, 0.4) is 0 Å². The fourth-order valence-corrected chi connectivity index (χ4v) is 6.17. The lowest BCUT2D eigenvalue weighted by Gasteiger charge is -2.52. The SMILES string of the molecule is COc1cccc(OC)c1C(=O)NC1C(=O)N2CC(O)(C(=O)OC(c3ccccc3)c3ccccc3)CS[C@H]12. The van der Waals surface area contributed by atoms with Crippen LogP contribution in [0.4, 0.5) is 0 Å². The number of carbonyl (C=O) groups excluding carboxylic acids is 3. The van der Waals surface area contributed by atoms with E-state index in [9.17, 15) is 19.5 Å². The summed E-state index contributed by atoms with van der Waals surface area (Å²) in [6.45, 7) is -0.233. The number of hydrogen-bond donors (Lipinski definition) is 2. The lowest BCUT2D eigenvalue weighted by Crippen LogP contribution is -2.75. The highest BCUT2D eigenvalue weighted by Gasteiger charge is 2.57. The Morgan fingerprint density at radius 3 is 2.05 bits per heavy atom. The first-order valence-electron chi connectivity index (χ1n) is 12.3. The van der Waals surface area contributed by atoms with Gasteiger partial charge in [0.2, 0.25) is 5.91 Å². The molecular weight excluding hydrogens is 520 g/mol. The Morgan fingerprint density at radius 1 is 0.949 bits per heavy atom. The number of nitrogens with zero attached hydrogens (tertiary/aromatic N) is 1. The lowest BCUT2D eigenvalue weighted by atomic mass is 9.98. The molecule has 9 nitrogen and oxygen atoms in total. The van der Waals surface area contributed by atoms with Gasteiger partial charge in [-0.15, -0.1) is 11.8 Å². The number of ether oxygens (including phenoxy) is 3. The number of nitrogens with one attached hydrogen (secondary N) is 1. The smallest absolute Gasteiger partial charge is 0.341 e. The minimum absolute atomic E-state index is 0.000922. The molecule has 2 fully saturated rings. The minimum Gasteiger partial charge on any atom is -0.496 e. The van der Waals surface area contributed by atoms with Crippen molar-refractivity contribution < 1.29 is 33.7 Å². The molecule has 2 aliphatic heterocycles. The van der Waals surface area contributed by atoms with Gasteiger partial charge in [0.05, 0.1) is 20.8 Å². The van der Waals surface area contributed by atoms with Gasteiger partial charge in [0.15, 0.2) is 11.7 Å². The van der Waals surface area contributed by atoms with E-state index in [-0.39, 0.29) is 17.9 Å². The second-order valence-electron chi connectivity index (χ2n) is 9.29. The molecule has 2 heterocycles. The van der Waals surface area contributed by atoms with Crippen LogP contribution in [0, 0.1) is 0 Å². The molecule has 2 amide bonds. The molecule has 39 heavy (non-hydrogen) atoms. The van der Waals surface area contributed by atoms with E-state index in [2.05, 4.69) is 5.32 Å². The van der Waals surface area contributed by atoms with Crippen LogP contribution in [-0.2, 0) is 14.3 Å². The van der Waals surface area contributed by atoms with Crippen LogP contribution in [0.2, 0.25) is 0 Å². The third-order valence-corrected chi connectivity index (χ3v) is 8.33. The molecule has 3 aromatic carbocycles. The zero-order chi connectivity index (χ0) is 27.6. The quantitative estimate of drug-likeness (QED) is 0.326. The molecule has 0 aliphatic carbocycles. The number of esters is 1. The van der Waals surface area contributed by atoms with Gasteiger partial charge in [-0.2, -0.15) is 0 Å². The average molecular weight is 549 g/mol. The first kappa shape index (κ1) is 26.6. The number of β-lactam (4-membered cyclic amide) rings is 1. The van der Waals surface area contributed by atoms with Gasteiger partial charge in [0.1, 0.15) is 28.5 Å². The van der Waals surface area contributed by atoms with Crippen LogP contribution < -0.4 is 14.8 Å². The van der Waals surface area contributed by atoms with Crippen molar-refractivity contribution in [1.82, 2.24) is 10.2 Å². The highest BCUT2D eigenvalue weighted by Crippen LogP contribution is 2.40. The molecule has 3 aromatic rings. The summed E-state index contributed by atoms with van der Waals surface area (Å²) in [5.41, 5.74) is -0.199. The van der Waals surface area contributed by atoms with Crippen LogP contribution in [0.1, 0.15) is 27.6 Å². The molecule has 2 saturated heterocycles. The van der Waals surface area contributed by atoms with E-state index >= 15 is 0 Å². The zero-order valence-corrected chi connectivity index (χ0v) is 22.2. The van der Waals surface area contributed by atoms with E-state index in [0.29, 0.717) is 11.5 Å². The first-order valence-corrected chi connectivity index (χ1v) is 13.4. The fourth-order valence-electron chi connectivity index (χ4n) is 4.77. The van der Waals surface area contributed by atoms with Gasteiger partial charge in [-0.25, -0.2) is 4.79 Å². The summed E-state index contributed by atoms with van der Waals surface area (Å²) >= 11 is 1.21. The molecule has 0 aromatic heterocycles. The molecule has 0 spiro atoms. The van der Waals surface area contributed by atoms with Gasteiger partial charge in [-0.1, -0.05) is 66.7 Å². The summed E-state index contributed by atoms with van der Waals surface area (Å²) < 4.78 is 16.5. The van der Waals surface area contributed by atoms with Crippen LogP contribution in [0.15, 0.2) is 78.9 Å². The maximum Gasteiger partial charge on any atom is 0.341 e. The molecular formula is C29H28N2O7S. The van der Waals surface area contributed by atoms with Crippen molar-refractivity contribution >= 4 is 29.5 Å². The number of aliphatic hydroxyl groups is 1. The highest BCUT2D eigenvalue weighted by molar-refractivity contribution is 8.00. The van der Waals surface area contributed by atoms with Crippen molar-refractivity contribution in [3.63, 3.8) is 0 Å². The largest absolute Gasteiger partial charge is 0.496 e.